The number of halogens is 2. The van der Waals surface area contributed by atoms with Gasteiger partial charge in [0.15, 0.2) is 0 Å². The summed E-state index contributed by atoms with van der Waals surface area (Å²) in [5, 5.41) is 28.1. The first-order chi connectivity index (χ1) is 16.7. The molecule has 2 aromatic carbocycles. The van der Waals surface area contributed by atoms with Crippen LogP contribution in [0.1, 0.15) is 36.0 Å². The van der Waals surface area contributed by atoms with Crippen LogP contribution in [0.3, 0.4) is 0 Å². The van der Waals surface area contributed by atoms with Gasteiger partial charge in [0.25, 0.3) is 17.7 Å². The first-order valence-corrected chi connectivity index (χ1v) is 11.7. The van der Waals surface area contributed by atoms with Gasteiger partial charge in [-0.1, -0.05) is 35.3 Å². The number of aromatic hydroxyl groups is 1. The smallest absolute Gasteiger partial charge is 0.328 e. The highest BCUT2D eigenvalue weighted by molar-refractivity contribution is 7.12. The van der Waals surface area contributed by atoms with Crippen molar-refractivity contribution in [3.8, 4) is 5.75 Å². The number of carboxylic acids is 1. The van der Waals surface area contributed by atoms with Gasteiger partial charge in [0.1, 0.15) is 16.7 Å². The van der Waals surface area contributed by atoms with Crippen LogP contribution < -0.4 is 16.0 Å². The summed E-state index contributed by atoms with van der Waals surface area (Å²) in [5.41, 5.74) is 0.824. The standard InChI is InChI=1S/C23H19Cl2N3O6S/c24-16-6-7-35-19(16)22(32)27-11-18(23(33)34)28-21(31)15-5-4-13(9-17(15)25)20(30)26-10-12-2-1-3-14(29)8-12/h1-9,18,29H,10-11H2,(H,26,30)(H,27,32)(H,28,31)(H,33,34)/t18-/m0/s1. The zero-order valence-corrected chi connectivity index (χ0v) is 20.2. The van der Waals surface area contributed by atoms with E-state index >= 15 is 0 Å². The number of hydrogen-bond acceptors (Lipinski definition) is 6. The summed E-state index contributed by atoms with van der Waals surface area (Å²) >= 11 is 13.2. The van der Waals surface area contributed by atoms with Crippen molar-refractivity contribution in [2.45, 2.75) is 12.6 Å². The molecule has 1 heterocycles. The molecule has 0 aliphatic carbocycles. The molecule has 5 N–H and O–H groups in total. The van der Waals surface area contributed by atoms with E-state index in [1.807, 2.05) is 0 Å². The molecular weight excluding hydrogens is 517 g/mol. The monoisotopic (exact) mass is 535 g/mol. The Morgan fingerprint density at radius 2 is 1.69 bits per heavy atom. The van der Waals surface area contributed by atoms with Crippen molar-refractivity contribution >= 4 is 58.2 Å². The predicted molar refractivity (Wildman–Crippen MR) is 131 cm³/mol. The van der Waals surface area contributed by atoms with Crippen LogP contribution in [0.15, 0.2) is 53.9 Å². The summed E-state index contributed by atoms with van der Waals surface area (Å²) in [6.45, 7) is -0.225. The molecule has 0 bridgehead atoms. The average Bonchev–Trinajstić information content (AvgIpc) is 3.25. The molecule has 3 aromatic rings. The second-order valence-corrected chi connectivity index (χ2v) is 8.95. The third-order valence-corrected chi connectivity index (χ3v) is 6.39. The largest absolute Gasteiger partial charge is 0.508 e. The lowest BCUT2D eigenvalue weighted by molar-refractivity contribution is -0.139. The van der Waals surface area contributed by atoms with Gasteiger partial charge < -0.3 is 26.2 Å². The van der Waals surface area contributed by atoms with Gasteiger partial charge >= 0.3 is 5.97 Å². The van der Waals surface area contributed by atoms with E-state index in [2.05, 4.69) is 16.0 Å². The SMILES string of the molecule is O=C(NCc1cccc(O)c1)c1ccc(C(=O)N[C@@H](CNC(=O)c2sccc2Cl)C(=O)O)c(Cl)c1. The summed E-state index contributed by atoms with van der Waals surface area (Å²) < 4.78 is 0. The minimum atomic E-state index is -1.44. The van der Waals surface area contributed by atoms with E-state index in [0.29, 0.717) is 5.56 Å². The lowest BCUT2D eigenvalue weighted by atomic mass is 10.1. The highest BCUT2D eigenvalue weighted by atomic mass is 35.5. The third kappa shape index (κ3) is 6.95. The molecule has 0 aliphatic rings. The predicted octanol–water partition coefficient (Wildman–Crippen LogP) is 3.30. The highest BCUT2D eigenvalue weighted by Crippen LogP contribution is 2.22. The van der Waals surface area contributed by atoms with Crippen LogP contribution in [0, 0.1) is 0 Å². The summed E-state index contributed by atoms with van der Waals surface area (Å²) in [6.07, 6.45) is 0. The van der Waals surface area contributed by atoms with Crippen molar-refractivity contribution < 1.29 is 29.4 Å². The van der Waals surface area contributed by atoms with Gasteiger partial charge in [-0.05, 0) is 47.3 Å². The molecular formula is C23H19Cl2N3O6S. The van der Waals surface area contributed by atoms with Crippen LogP contribution in [0.25, 0.3) is 0 Å². The zero-order valence-electron chi connectivity index (χ0n) is 17.9. The van der Waals surface area contributed by atoms with Crippen molar-refractivity contribution in [1.29, 1.82) is 0 Å². The third-order valence-electron chi connectivity index (χ3n) is 4.73. The van der Waals surface area contributed by atoms with Crippen LogP contribution in [-0.4, -0.2) is 46.5 Å². The maximum absolute atomic E-state index is 12.6. The first-order valence-electron chi connectivity index (χ1n) is 10.1. The molecule has 1 atom stereocenters. The molecule has 0 spiro atoms. The van der Waals surface area contributed by atoms with Crippen molar-refractivity contribution in [1.82, 2.24) is 16.0 Å². The normalized spacial score (nSPS) is 11.4. The van der Waals surface area contributed by atoms with Crippen molar-refractivity contribution in [3.63, 3.8) is 0 Å². The number of amides is 3. The van der Waals surface area contributed by atoms with E-state index in [9.17, 15) is 29.4 Å². The van der Waals surface area contributed by atoms with Crippen LogP contribution in [-0.2, 0) is 11.3 Å². The topological polar surface area (TPSA) is 145 Å². The number of phenolic OH excluding ortho intramolecular Hbond substituents is 1. The number of rotatable bonds is 9. The van der Waals surface area contributed by atoms with Gasteiger partial charge in [0.05, 0.1) is 15.6 Å². The molecule has 0 radical (unpaired) electrons. The van der Waals surface area contributed by atoms with Gasteiger partial charge in [-0.25, -0.2) is 4.79 Å². The van der Waals surface area contributed by atoms with E-state index in [1.165, 1.54) is 36.4 Å². The van der Waals surface area contributed by atoms with Crippen molar-refractivity contribution in [3.05, 3.63) is 85.5 Å². The lowest BCUT2D eigenvalue weighted by Gasteiger charge is -2.16. The fourth-order valence-electron chi connectivity index (χ4n) is 2.96. The van der Waals surface area contributed by atoms with Crippen molar-refractivity contribution in [2.24, 2.45) is 0 Å². The summed E-state index contributed by atoms with van der Waals surface area (Å²) in [6, 6.07) is 10.4. The van der Waals surface area contributed by atoms with Crippen LogP contribution >= 0.6 is 34.5 Å². The maximum atomic E-state index is 12.6. The summed E-state index contributed by atoms with van der Waals surface area (Å²) in [7, 11) is 0. The lowest BCUT2D eigenvalue weighted by Crippen LogP contribution is -2.48. The number of carboxylic acid groups (broad SMARTS) is 1. The van der Waals surface area contributed by atoms with E-state index in [1.54, 1.807) is 17.5 Å². The molecule has 0 saturated heterocycles. The molecule has 3 amide bonds. The second-order valence-electron chi connectivity index (χ2n) is 7.22. The molecule has 0 saturated carbocycles. The van der Waals surface area contributed by atoms with Gasteiger partial charge in [-0.3, -0.25) is 14.4 Å². The van der Waals surface area contributed by atoms with Crippen LogP contribution in [0.2, 0.25) is 10.0 Å². The minimum absolute atomic E-state index is 0.0462. The second kappa shape index (κ2) is 11.7. The molecule has 35 heavy (non-hydrogen) atoms. The zero-order chi connectivity index (χ0) is 25.5. The molecule has 182 valence electrons. The molecule has 0 unspecified atom stereocenters. The molecule has 9 nitrogen and oxygen atoms in total. The van der Waals surface area contributed by atoms with E-state index in [4.69, 9.17) is 23.2 Å². The number of nitrogens with one attached hydrogen (secondary N) is 3. The van der Waals surface area contributed by atoms with E-state index in [-0.39, 0.29) is 44.9 Å². The molecule has 0 aliphatic heterocycles. The first kappa shape index (κ1) is 26.0. The Bertz CT molecular complexity index is 1280. The quantitative estimate of drug-likeness (QED) is 0.284. The number of hydrogen-bond donors (Lipinski definition) is 5. The molecule has 3 rings (SSSR count). The van der Waals surface area contributed by atoms with Crippen LogP contribution in [0.4, 0.5) is 0 Å². The van der Waals surface area contributed by atoms with Gasteiger partial charge in [0, 0.05) is 18.7 Å². The Hall–Kier alpha value is -3.60. The Morgan fingerprint density at radius 1 is 0.914 bits per heavy atom. The van der Waals surface area contributed by atoms with Crippen LogP contribution in [0.5, 0.6) is 5.75 Å². The van der Waals surface area contributed by atoms with Gasteiger partial charge in [0.2, 0.25) is 0 Å². The summed E-state index contributed by atoms with van der Waals surface area (Å²) in [4.78, 5) is 49.0. The van der Waals surface area contributed by atoms with E-state index < -0.39 is 29.7 Å². The number of carbonyl (C=O) groups is 4. The fourth-order valence-corrected chi connectivity index (χ4v) is 4.28. The van der Waals surface area contributed by atoms with E-state index in [0.717, 1.165) is 11.3 Å². The number of thiophene rings is 1. The minimum Gasteiger partial charge on any atom is -0.508 e. The van der Waals surface area contributed by atoms with Gasteiger partial charge in [-0.2, -0.15) is 0 Å². The number of aliphatic carboxylic acids is 1. The highest BCUT2D eigenvalue weighted by Gasteiger charge is 2.24. The Balaban J connectivity index is 1.61. The maximum Gasteiger partial charge on any atom is 0.328 e. The average molecular weight is 536 g/mol. The number of benzene rings is 2. The molecule has 12 heteroatoms. The molecule has 1 aromatic heterocycles. The summed E-state index contributed by atoms with van der Waals surface area (Å²) in [5.74, 6) is -3.11. The van der Waals surface area contributed by atoms with Gasteiger partial charge in [-0.15, -0.1) is 11.3 Å². The molecule has 0 fully saturated rings. The Kier molecular flexibility index (Phi) is 8.69. The Morgan fingerprint density at radius 3 is 2.31 bits per heavy atom. The fraction of sp³-hybridized carbons (Fsp3) is 0.130. The van der Waals surface area contributed by atoms with Crippen molar-refractivity contribution in [2.75, 3.05) is 6.54 Å². The Labute approximate surface area is 213 Å². The number of carbonyl (C=O) groups excluding carboxylic acids is 3. The number of phenols is 1.